The summed E-state index contributed by atoms with van der Waals surface area (Å²) in [5, 5.41) is 10.9. The van der Waals surface area contributed by atoms with Crippen molar-refractivity contribution in [1.29, 1.82) is 0 Å². The zero-order valence-corrected chi connectivity index (χ0v) is 17.8. The van der Waals surface area contributed by atoms with Gasteiger partial charge in [-0.25, -0.2) is 9.07 Å². The molecule has 0 aliphatic heterocycles. The topological polar surface area (TPSA) is 102 Å². The molecule has 10 heteroatoms. The quantitative estimate of drug-likeness (QED) is 0.393. The molecule has 4 aromatic rings. The first kappa shape index (κ1) is 22.2. The summed E-state index contributed by atoms with van der Waals surface area (Å²) in [6.07, 6.45) is 1.42. The second-order valence-electron chi connectivity index (χ2n) is 7.18. The van der Waals surface area contributed by atoms with Crippen molar-refractivity contribution in [2.24, 2.45) is 0 Å². The monoisotopic (exact) mass is 451 g/mol. The van der Waals surface area contributed by atoms with Crippen LogP contribution in [0.5, 0.6) is 0 Å². The van der Waals surface area contributed by atoms with Crippen LogP contribution in [0.3, 0.4) is 0 Å². The van der Waals surface area contributed by atoms with E-state index in [2.05, 4.69) is 15.6 Å². The van der Waals surface area contributed by atoms with Gasteiger partial charge < -0.3 is 14.5 Å². The maximum absolute atomic E-state index is 13.6. The number of rotatable bonds is 9. The molecule has 4 rings (SSSR count). The fraction of sp³-hybridized carbons (Fsp3) is 0.217. The molecule has 2 heterocycles. The Morgan fingerprint density at radius 1 is 1.15 bits per heavy atom. The van der Waals surface area contributed by atoms with E-state index < -0.39 is 23.7 Å². The Labute approximate surface area is 188 Å². The molecule has 0 spiro atoms. The van der Waals surface area contributed by atoms with E-state index in [9.17, 15) is 14.0 Å². The van der Waals surface area contributed by atoms with Gasteiger partial charge in [0, 0.05) is 19.3 Å². The van der Waals surface area contributed by atoms with Crippen LogP contribution >= 0.6 is 0 Å². The Morgan fingerprint density at radius 3 is 2.67 bits per heavy atom. The van der Waals surface area contributed by atoms with E-state index in [1.54, 1.807) is 24.3 Å². The number of halogens is 1. The minimum atomic E-state index is -1.13. The number of amides is 2. The van der Waals surface area contributed by atoms with Crippen LogP contribution < -0.4 is 10.2 Å². The summed E-state index contributed by atoms with van der Waals surface area (Å²) in [6.45, 7) is 0.345. The summed E-state index contributed by atoms with van der Waals surface area (Å²) < 4.78 is 25.6. The number of carbonyl (C=O) groups is 2. The highest BCUT2D eigenvalue weighted by Crippen LogP contribution is 2.29. The van der Waals surface area contributed by atoms with Crippen LogP contribution in [0, 0.1) is 5.82 Å². The van der Waals surface area contributed by atoms with E-state index in [-0.39, 0.29) is 18.8 Å². The van der Waals surface area contributed by atoms with Crippen LogP contribution in [0.15, 0.2) is 71.3 Å². The van der Waals surface area contributed by atoms with E-state index in [0.717, 1.165) is 0 Å². The first-order chi connectivity index (χ1) is 16.1. The summed E-state index contributed by atoms with van der Waals surface area (Å²) >= 11 is 0. The van der Waals surface area contributed by atoms with Crippen molar-refractivity contribution in [3.63, 3.8) is 0 Å². The number of benzene rings is 2. The van der Waals surface area contributed by atoms with Crippen LogP contribution in [0.4, 0.5) is 10.1 Å². The summed E-state index contributed by atoms with van der Waals surface area (Å²) in [5.41, 5.74) is 1.64. The molecule has 0 aliphatic rings. The maximum Gasteiger partial charge on any atom is 0.251 e. The van der Waals surface area contributed by atoms with Gasteiger partial charge in [-0.15, -0.1) is 5.10 Å². The second kappa shape index (κ2) is 10.0. The number of nitrogens with one attached hydrogen (secondary N) is 1. The van der Waals surface area contributed by atoms with Crippen molar-refractivity contribution in [2.45, 2.75) is 12.6 Å². The molecular formula is C23H22FN5O4. The number of fused-ring (bicyclic) bond motifs is 1. The van der Waals surface area contributed by atoms with E-state index in [1.807, 2.05) is 12.1 Å². The lowest BCUT2D eigenvalue weighted by molar-refractivity contribution is -0.127. The van der Waals surface area contributed by atoms with Crippen molar-refractivity contribution >= 4 is 28.5 Å². The van der Waals surface area contributed by atoms with Gasteiger partial charge in [-0.2, -0.15) is 0 Å². The molecule has 2 aromatic carbocycles. The molecule has 33 heavy (non-hydrogen) atoms. The zero-order valence-electron chi connectivity index (χ0n) is 17.8. The molecule has 1 N–H and O–H groups in total. The first-order valence-electron chi connectivity index (χ1n) is 10.2. The third-order valence-corrected chi connectivity index (χ3v) is 5.00. The molecule has 1 atom stereocenters. The molecule has 0 radical (unpaired) electrons. The number of ether oxygens (including phenoxy) is 1. The fourth-order valence-corrected chi connectivity index (χ4v) is 3.47. The zero-order chi connectivity index (χ0) is 23.2. The minimum absolute atomic E-state index is 0.194. The lowest BCUT2D eigenvalue weighted by Gasteiger charge is -2.30. The van der Waals surface area contributed by atoms with E-state index in [0.29, 0.717) is 23.3 Å². The van der Waals surface area contributed by atoms with Gasteiger partial charge in [0.1, 0.15) is 23.6 Å². The number of nitrogens with zero attached hydrogens (tertiary/aromatic N) is 4. The molecule has 0 fully saturated rings. The predicted octanol–water partition coefficient (Wildman–Crippen LogP) is 2.70. The fourth-order valence-electron chi connectivity index (χ4n) is 3.47. The maximum atomic E-state index is 13.6. The van der Waals surface area contributed by atoms with Crippen molar-refractivity contribution in [3.05, 3.63) is 78.5 Å². The Balaban J connectivity index is 1.73. The molecule has 170 valence electrons. The number of hydrogen-bond donors (Lipinski definition) is 1. The van der Waals surface area contributed by atoms with Gasteiger partial charge >= 0.3 is 0 Å². The van der Waals surface area contributed by atoms with Gasteiger partial charge in [-0.05, 0) is 48.5 Å². The van der Waals surface area contributed by atoms with Crippen LogP contribution in [-0.4, -0.2) is 47.1 Å². The number of carbonyl (C=O) groups excluding carboxylic acids is 2. The largest absolute Gasteiger partial charge is 0.467 e. The predicted molar refractivity (Wildman–Crippen MR) is 118 cm³/mol. The number of furan rings is 1. The Hall–Kier alpha value is -4.05. The Morgan fingerprint density at radius 2 is 1.94 bits per heavy atom. The van der Waals surface area contributed by atoms with E-state index in [4.69, 9.17) is 9.15 Å². The highest BCUT2D eigenvalue weighted by atomic mass is 19.1. The normalized spacial score (nSPS) is 11.9. The number of methoxy groups -OCH3 is 1. The molecule has 0 saturated heterocycles. The first-order valence-corrected chi connectivity index (χ1v) is 10.2. The summed E-state index contributed by atoms with van der Waals surface area (Å²) in [5.74, 6) is -1.14. The molecule has 0 aliphatic carbocycles. The summed E-state index contributed by atoms with van der Waals surface area (Å²) in [4.78, 5) is 28.1. The minimum Gasteiger partial charge on any atom is -0.467 e. The van der Waals surface area contributed by atoms with E-state index >= 15 is 0 Å². The third kappa shape index (κ3) is 4.90. The Kier molecular flexibility index (Phi) is 6.75. The smallest absolute Gasteiger partial charge is 0.251 e. The van der Waals surface area contributed by atoms with Crippen molar-refractivity contribution in [1.82, 2.24) is 20.3 Å². The standard InChI is InChI=1S/C23H22FN5O4/c1-32-14-12-25-23(31)22(20-7-4-13-33-20)29(17-10-8-16(24)9-11-17)21(30)15-28-19-6-3-2-5-18(19)26-27-28/h2-11,13,22H,12,14-15H2,1H3,(H,25,31). The SMILES string of the molecule is COCCNC(=O)C(c1ccco1)N(C(=O)Cn1nnc2ccccc21)c1ccc(F)cc1. The van der Waals surface area contributed by atoms with Crippen LogP contribution in [0.25, 0.3) is 11.0 Å². The molecule has 1 unspecified atom stereocenters. The molecular weight excluding hydrogens is 429 g/mol. The third-order valence-electron chi connectivity index (χ3n) is 5.00. The molecule has 2 amide bonds. The van der Waals surface area contributed by atoms with Crippen LogP contribution in [0.1, 0.15) is 11.8 Å². The van der Waals surface area contributed by atoms with Gasteiger partial charge in [0.05, 0.1) is 18.4 Å². The number of hydrogen-bond acceptors (Lipinski definition) is 6. The van der Waals surface area contributed by atoms with Crippen LogP contribution in [-0.2, 0) is 20.9 Å². The molecule has 9 nitrogen and oxygen atoms in total. The van der Waals surface area contributed by atoms with Gasteiger partial charge in [-0.1, -0.05) is 17.3 Å². The molecule has 0 saturated carbocycles. The van der Waals surface area contributed by atoms with Crippen LogP contribution in [0.2, 0.25) is 0 Å². The lowest BCUT2D eigenvalue weighted by atomic mass is 10.1. The van der Waals surface area contributed by atoms with Crippen molar-refractivity contribution in [3.8, 4) is 0 Å². The average molecular weight is 451 g/mol. The summed E-state index contributed by atoms with van der Waals surface area (Å²) in [7, 11) is 1.52. The van der Waals surface area contributed by atoms with Gasteiger partial charge in [-0.3, -0.25) is 14.5 Å². The number of anilines is 1. The van der Waals surface area contributed by atoms with E-state index in [1.165, 1.54) is 47.2 Å². The lowest BCUT2D eigenvalue weighted by Crippen LogP contribution is -2.45. The summed E-state index contributed by atoms with van der Waals surface area (Å²) in [6, 6.07) is 14.6. The van der Waals surface area contributed by atoms with Crippen molar-refractivity contribution < 1.29 is 23.1 Å². The molecule has 2 aromatic heterocycles. The number of aromatic nitrogens is 3. The highest BCUT2D eigenvalue weighted by molar-refractivity contribution is 6.01. The highest BCUT2D eigenvalue weighted by Gasteiger charge is 2.35. The van der Waals surface area contributed by atoms with Gasteiger partial charge in [0.2, 0.25) is 5.91 Å². The number of para-hydroxylation sites is 1. The van der Waals surface area contributed by atoms with Gasteiger partial charge in [0.25, 0.3) is 5.91 Å². The molecule has 0 bridgehead atoms. The Bertz CT molecular complexity index is 1220. The second-order valence-corrected chi connectivity index (χ2v) is 7.18. The van der Waals surface area contributed by atoms with Crippen molar-refractivity contribution in [2.75, 3.05) is 25.2 Å². The average Bonchev–Trinajstić information content (AvgIpc) is 3.49. The van der Waals surface area contributed by atoms with Gasteiger partial charge in [0.15, 0.2) is 6.04 Å².